The fourth-order valence-corrected chi connectivity index (χ4v) is 2.42. The molecule has 1 fully saturated rings. The van der Waals surface area contributed by atoms with Crippen LogP contribution in [0.1, 0.15) is 12.0 Å². The highest BCUT2D eigenvalue weighted by atomic mass is 79.9. The van der Waals surface area contributed by atoms with Gasteiger partial charge in [-0.15, -0.1) is 0 Å². The summed E-state index contributed by atoms with van der Waals surface area (Å²) in [7, 11) is 1.69. The van der Waals surface area contributed by atoms with Gasteiger partial charge in [0.1, 0.15) is 5.75 Å². The summed E-state index contributed by atoms with van der Waals surface area (Å²) in [5.41, 5.74) is 7.15. The fourth-order valence-electron chi connectivity index (χ4n) is 2.05. The minimum absolute atomic E-state index is 0.337. The number of methoxy groups -OCH3 is 1. The minimum atomic E-state index is 0.337. The van der Waals surface area contributed by atoms with Crippen LogP contribution in [0.4, 0.5) is 0 Å². The maximum absolute atomic E-state index is 5.89. The standard InChI is InChI=1S/C12H17BrN2O/c1-16-11-2-3-12(13)9(6-11)7-15-5-4-10(14)8-15/h2-3,6,10H,4-5,7-8,14H2,1H3/t10-/m0/s1. The van der Waals surface area contributed by atoms with Gasteiger partial charge in [-0.2, -0.15) is 0 Å². The second kappa shape index (κ2) is 5.17. The number of rotatable bonds is 3. The highest BCUT2D eigenvalue weighted by Gasteiger charge is 2.19. The van der Waals surface area contributed by atoms with Crippen LogP contribution in [0.3, 0.4) is 0 Å². The molecule has 0 aromatic heterocycles. The van der Waals surface area contributed by atoms with Crippen molar-refractivity contribution in [3.05, 3.63) is 28.2 Å². The fraction of sp³-hybridized carbons (Fsp3) is 0.500. The minimum Gasteiger partial charge on any atom is -0.497 e. The summed E-state index contributed by atoms with van der Waals surface area (Å²) in [6.07, 6.45) is 1.10. The lowest BCUT2D eigenvalue weighted by Crippen LogP contribution is -2.26. The van der Waals surface area contributed by atoms with E-state index >= 15 is 0 Å². The van der Waals surface area contributed by atoms with E-state index in [2.05, 4.69) is 26.9 Å². The lowest BCUT2D eigenvalue weighted by molar-refractivity contribution is 0.325. The summed E-state index contributed by atoms with van der Waals surface area (Å²) in [4.78, 5) is 2.38. The third-order valence-corrected chi connectivity index (χ3v) is 3.73. The average Bonchev–Trinajstić information content (AvgIpc) is 2.67. The van der Waals surface area contributed by atoms with Crippen molar-refractivity contribution in [3.63, 3.8) is 0 Å². The van der Waals surface area contributed by atoms with E-state index in [1.165, 1.54) is 5.56 Å². The molecule has 16 heavy (non-hydrogen) atoms. The summed E-state index contributed by atoms with van der Waals surface area (Å²) in [5.74, 6) is 0.904. The Morgan fingerprint density at radius 3 is 3.00 bits per heavy atom. The highest BCUT2D eigenvalue weighted by Crippen LogP contribution is 2.24. The molecule has 0 bridgehead atoms. The topological polar surface area (TPSA) is 38.5 Å². The SMILES string of the molecule is COc1ccc(Br)c(CN2CC[C@H](N)C2)c1. The van der Waals surface area contributed by atoms with Gasteiger partial charge in [-0.05, 0) is 30.2 Å². The molecule has 1 aromatic carbocycles. The molecule has 3 nitrogen and oxygen atoms in total. The molecule has 1 aromatic rings. The van der Waals surface area contributed by atoms with Crippen LogP contribution in [-0.4, -0.2) is 31.1 Å². The summed E-state index contributed by atoms with van der Waals surface area (Å²) < 4.78 is 6.36. The molecule has 0 radical (unpaired) electrons. The summed E-state index contributed by atoms with van der Waals surface area (Å²) >= 11 is 3.57. The van der Waals surface area contributed by atoms with Crippen molar-refractivity contribution in [1.82, 2.24) is 4.90 Å². The van der Waals surface area contributed by atoms with Crippen molar-refractivity contribution >= 4 is 15.9 Å². The van der Waals surface area contributed by atoms with Gasteiger partial charge in [0.25, 0.3) is 0 Å². The predicted octanol–water partition coefficient (Wildman–Crippen LogP) is 1.99. The van der Waals surface area contributed by atoms with E-state index in [0.717, 1.165) is 36.3 Å². The Hall–Kier alpha value is -0.580. The summed E-state index contributed by atoms with van der Waals surface area (Å²) in [5, 5.41) is 0. The zero-order chi connectivity index (χ0) is 11.5. The number of nitrogens with two attached hydrogens (primary N) is 1. The van der Waals surface area contributed by atoms with Gasteiger partial charge in [0, 0.05) is 30.1 Å². The number of likely N-dealkylation sites (tertiary alicyclic amines) is 1. The van der Waals surface area contributed by atoms with E-state index in [0.29, 0.717) is 6.04 Å². The third-order valence-electron chi connectivity index (χ3n) is 2.96. The molecule has 0 spiro atoms. The van der Waals surface area contributed by atoms with Crippen LogP contribution in [0.15, 0.2) is 22.7 Å². The van der Waals surface area contributed by atoms with Crippen LogP contribution in [0.2, 0.25) is 0 Å². The normalized spacial score (nSPS) is 21.3. The molecule has 0 amide bonds. The van der Waals surface area contributed by atoms with Gasteiger partial charge in [-0.1, -0.05) is 15.9 Å². The van der Waals surface area contributed by atoms with Crippen LogP contribution in [0.5, 0.6) is 5.75 Å². The van der Waals surface area contributed by atoms with Crippen LogP contribution >= 0.6 is 15.9 Å². The maximum Gasteiger partial charge on any atom is 0.119 e. The monoisotopic (exact) mass is 284 g/mol. The highest BCUT2D eigenvalue weighted by molar-refractivity contribution is 9.10. The first kappa shape index (κ1) is 11.9. The first-order chi connectivity index (χ1) is 7.69. The molecule has 0 unspecified atom stereocenters. The van der Waals surface area contributed by atoms with Gasteiger partial charge < -0.3 is 10.5 Å². The molecule has 0 saturated carbocycles. The Kier molecular flexibility index (Phi) is 3.84. The first-order valence-electron chi connectivity index (χ1n) is 5.49. The molecule has 2 rings (SSSR count). The van der Waals surface area contributed by atoms with E-state index in [4.69, 9.17) is 10.5 Å². The number of ether oxygens (including phenoxy) is 1. The van der Waals surface area contributed by atoms with Crippen LogP contribution < -0.4 is 10.5 Å². The Balaban J connectivity index is 2.08. The van der Waals surface area contributed by atoms with Gasteiger partial charge >= 0.3 is 0 Å². The zero-order valence-electron chi connectivity index (χ0n) is 9.45. The van der Waals surface area contributed by atoms with Crippen molar-refractivity contribution in [2.24, 2.45) is 5.73 Å². The maximum atomic E-state index is 5.89. The van der Waals surface area contributed by atoms with Gasteiger partial charge in [-0.25, -0.2) is 0 Å². The molecular weight excluding hydrogens is 268 g/mol. The summed E-state index contributed by atoms with van der Waals surface area (Å²) in [6, 6.07) is 6.41. The second-order valence-electron chi connectivity index (χ2n) is 4.24. The van der Waals surface area contributed by atoms with E-state index in [9.17, 15) is 0 Å². The smallest absolute Gasteiger partial charge is 0.119 e. The van der Waals surface area contributed by atoms with Crippen molar-refractivity contribution in [2.45, 2.75) is 19.0 Å². The number of benzene rings is 1. The molecule has 1 heterocycles. The molecule has 88 valence electrons. The van der Waals surface area contributed by atoms with Crippen molar-refractivity contribution in [1.29, 1.82) is 0 Å². The largest absolute Gasteiger partial charge is 0.497 e. The Labute approximate surface area is 105 Å². The van der Waals surface area contributed by atoms with Crippen molar-refractivity contribution in [2.75, 3.05) is 20.2 Å². The molecule has 0 aliphatic carbocycles. The van der Waals surface area contributed by atoms with Crippen LogP contribution in [-0.2, 0) is 6.54 Å². The van der Waals surface area contributed by atoms with E-state index < -0.39 is 0 Å². The molecular formula is C12H17BrN2O. The quantitative estimate of drug-likeness (QED) is 0.923. The Bertz CT molecular complexity index is 370. The van der Waals surface area contributed by atoms with Crippen LogP contribution in [0.25, 0.3) is 0 Å². The molecule has 1 atom stereocenters. The van der Waals surface area contributed by atoms with Crippen molar-refractivity contribution < 1.29 is 4.74 Å². The third kappa shape index (κ3) is 2.75. The lowest BCUT2D eigenvalue weighted by atomic mass is 10.2. The molecule has 1 saturated heterocycles. The number of hydrogen-bond donors (Lipinski definition) is 1. The molecule has 4 heteroatoms. The van der Waals surface area contributed by atoms with Crippen molar-refractivity contribution in [3.8, 4) is 5.75 Å². The summed E-state index contributed by atoms with van der Waals surface area (Å²) in [6.45, 7) is 3.01. The number of nitrogens with zero attached hydrogens (tertiary/aromatic N) is 1. The van der Waals surface area contributed by atoms with E-state index in [-0.39, 0.29) is 0 Å². The molecule has 1 aliphatic heterocycles. The Morgan fingerprint density at radius 2 is 2.38 bits per heavy atom. The lowest BCUT2D eigenvalue weighted by Gasteiger charge is -2.16. The van der Waals surface area contributed by atoms with Gasteiger partial charge in [0.2, 0.25) is 0 Å². The number of hydrogen-bond acceptors (Lipinski definition) is 3. The Morgan fingerprint density at radius 1 is 1.56 bits per heavy atom. The van der Waals surface area contributed by atoms with Gasteiger partial charge in [-0.3, -0.25) is 4.90 Å². The van der Waals surface area contributed by atoms with Gasteiger partial charge in [0.05, 0.1) is 7.11 Å². The average molecular weight is 285 g/mol. The zero-order valence-corrected chi connectivity index (χ0v) is 11.0. The molecule has 1 aliphatic rings. The van der Waals surface area contributed by atoms with Crippen LogP contribution in [0, 0.1) is 0 Å². The second-order valence-corrected chi connectivity index (χ2v) is 5.10. The number of halogens is 1. The first-order valence-corrected chi connectivity index (χ1v) is 6.28. The van der Waals surface area contributed by atoms with E-state index in [1.54, 1.807) is 7.11 Å². The predicted molar refractivity (Wildman–Crippen MR) is 68.6 cm³/mol. The van der Waals surface area contributed by atoms with Gasteiger partial charge in [0.15, 0.2) is 0 Å². The van der Waals surface area contributed by atoms with E-state index in [1.807, 2.05) is 12.1 Å². The molecule has 2 N–H and O–H groups in total.